The van der Waals surface area contributed by atoms with Crippen LogP contribution in [0.2, 0.25) is 0 Å². The lowest BCUT2D eigenvalue weighted by Gasteiger charge is -2.25. The molecule has 1 aliphatic carbocycles. The average molecular weight is 494 g/mol. The highest BCUT2D eigenvalue weighted by molar-refractivity contribution is 5.47. The number of ether oxygens (including phenoxy) is 3. The van der Waals surface area contributed by atoms with Crippen LogP contribution in [0.1, 0.15) is 37.9 Å². The fourth-order valence-corrected chi connectivity index (χ4v) is 4.26. The maximum Gasteiger partial charge on any atom is 0.227 e. The summed E-state index contributed by atoms with van der Waals surface area (Å²) in [6, 6.07) is 17.6. The van der Waals surface area contributed by atoms with E-state index in [0.717, 1.165) is 23.5 Å². The van der Waals surface area contributed by atoms with Gasteiger partial charge in [0.15, 0.2) is 11.5 Å². The van der Waals surface area contributed by atoms with Crippen LogP contribution in [0.25, 0.3) is 5.69 Å². The van der Waals surface area contributed by atoms with Crippen molar-refractivity contribution >= 4 is 0 Å². The molecule has 7 nitrogen and oxygen atoms in total. The molecule has 0 unspecified atom stereocenters. The van der Waals surface area contributed by atoms with Gasteiger partial charge in [-0.05, 0) is 55.9 Å². The van der Waals surface area contributed by atoms with Crippen LogP contribution in [-0.2, 0) is 11.3 Å². The number of methoxy groups -OCH3 is 1. The maximum absolute atomic E-state index is 10.7. The van der Waals surface area contributed by atoms with Crippen molar-refractivity contribution in [1.82, 2.24) is 14.7 Å². The van der Waals surface area contributed by atoms with Gasteiger partial charge in [-0.2, -0.15) is 5.10 Å². The topological polar surface area (TPSA) is 69.0 Å². The highest BCUT2D eigenvalue weighted by atomic mass is 16.5. The number of para-hydroxylation sites is 3. The fraction of sp³-hybridized carbons (Fsp3) is 0.483. The van der Waals surface area contributed by atoms with Gasteiger partial charge < -0.3 is 19.3 Å². The minimum absolute atomic E-state index is 0.339. The van der Waals surface area contributed by atoms with Crippen molar-refractivity contribution in [2.75, 3.05) is 33.4 Å². The van der Waals surface area contributed by atoms with Crippen molar-refractivity contribution in [3.63, 3.8) is 0 Å². The van der Waals surface area contributed by atoms with Gasteiger partial charge in [-0.3, -0.25) is 4.90 Å². The van der Waals surface area contributed by atoms with Gasteiger partial charge >= 0.3 is 0 Å². The summed E-state index contributed by atoms with van der Waals surface area (Å²) in [5.74, 6) is 3.08. The first-order valence-corrected chi connectivity index (χ1v) is 12.9. The summed E-state index contributed by atoms with van der Waals surface area (Å²) >= 11 is 0. The number of aliphatic hydroxyl groups is 1. The van der Waals surface area contributed by atoms with Gasteiger partial charge in [-0.25, -0.2) is 4.68 Å². The first-order chi connectivity index (χ1) is 17.4. The Balaban J connectivity index is 1.62. The highest BCUT2D eigenvalue weighted by Gasteiger charge is 2.28. The lowest BCUT2D eigenvalue weighted by molar-refractivity contribution is 0.00609. The molecule has 36 heavy (non-hydrogen) atoms. The Kier molecular flexibility index (Phi) is 9.02. The number of nitrogens with zero attached hydrogens (tertiary/aromatic N) is 3. The Morgan fingerprint density at radius 2 is 1.72 bits per heavy atom. The van der Waals surface area contributed by atoms with Crippen molar-refractivity contribution in [2.45, 2.75) is 46.3 Å². The molecule has 1 saturated carbocycles. The SMILES string of the molecule is COc1ccccc1Oc1c(CN(CC2CC2)C[C@H](O)COCC(C)C)c(C)nn1-c1ccccc1. The lowest BCUT2D eigenvalue weighted by Crippen LogP contribution is -2.36. The van der Waals surface area contributed by atoms with Crippen LogP contribution in [0.15, 0.2) is 54.6 Å². The largest absolute Gasteiger partial charge is 0.493 e. The van der Waals surface area contributed by atoms with E-state index >= 15 is 0 Å². The molecule has 0 saturated heterocycles. The van der Waals surface area contributed by atoms with E-state index in [1.54, 1.807) is 7.11 Å². The van der Waals surface area contributed by atoms with Gasteiger partial charge in [0.2, 0.25) is 5.88 Å². The number of benzene rings is 2. The van der Waals surface area contributed by atoms with Crippen LogP contribution in [0.3, 0.4) is 0 Å². The molecule has 1 aliphatic rings. The molecule has 7 heteroatoms. The second-order valence-corrected chi connectivity index (χ2v) is 10.1. The number of aliphatic hydroxyl groups excluding tert-OH is 1. The van der Waals surface area contributed by atoms with Crippen LogP contribution < -0.4 is 9.47 Å². The summed E-state index contributed by atoms with van der Waals surface area (Å²) in [5, 5.41) is 15.6. The van der Waals surface area contributed by atoms with Crippen LogP contribution in [-0.4, -0.2) is 59.3 Å². The molecule has 0 aliphatic heterocycles. The summed E-state index contributed by atoms with van der Waals surface area (Å²) in [7, 11) is 1.64. The van der Waals surface area contributed by atoms with Gasteiger partial charge in [0.25, 0.3) is 0 Å². The molecule has 0 spiro atoms. The van der Waals surface area contributed by atoms with Crippen LogP contribution in [0.4, 0.5) is 0 Å². The minimum atomic E-state index is -0.550. The van der Waals surface area contributed by atoms with E-state index in [4.69, 9.17) is 19.3 Å². The lowest BCUT2D eigenvalue weighted by atomic mass is 10.2. The summed E-state index contributed by atoms with van der Waals surface area (Å²) in [5.41, 5.74) is 2.82. The third kappa shape index (κ3) is 7.09. The number of hydrogen-bond donors (Lipinski definition) is 1. The van der Waals surface area contributed by atoms with E-state index in [1.165, 1.54) is 12.8 Å². The quantitative estimate of drug-likeness (QED) is 0.332. The Hall–Kier alpha value is -2.87. The van der Waals surface area contributed by atoms with Crippen molar-refractivity contribution < 1.29 is 19.3 Å². The van der Waals surface area contributed by atoms with E-state index in [-0.39, 0.29) is 0 Å². The predicted molar refractivity (Wildman–Crippen MR) is 141 cm³/mol. The fourth-order valence-electron chi connectivity index (χ4n) is 4.26. The molecule has 1 heterocycles. The Bertz CT molecular complexity index is 1100. The molecule has 1 N–H and O–H groups in total. The Morgan fingerprint density at radius 1 is 1.03 bits per heavy atom. The monoisotopic (exact) mass is 493 g/mol. The van der Waals surface area contributed by atoms with Gasteiger partial charge in [0.05, 0.1) is 36.8 Å². The second-order valence-electron chi connectivity index (χ2n) is 10.1. The minimum Gasteiger partial charge on any atom is -0.493 e. The molecule has 1 atom stereocenters. The standard InChI is InChI=1S/C29H39N3O4/c1-21(2)19-35-20-25(33)17-31(16-23-14-15-23)18-26-22(3)30-32(24-10-6-5-7-11-24)29(26)36-28-13-9-8-12-27(28)34-4/h5-13,21,23,25,33H,14-20H2,1-4H3/t25-/m0/s1. The average Bonchev–Trinajstić information content (AvgIpc) is 3.63. The zero-order valence-electron chi connectivity index (χ0n) is 21.9. The third-order valence-corrected chi connectivity index (χ3v) is 6.24. The summed E-state index contributed by atoms with van der Waals surface area (Å²) in [6.07, 6.45) is 1.93. The third-order valence-electron chi connectivity index (χ3n) is 6.24. The summed E-state index contributed by atoms with van der Waals surface area (Å²) in [6.45, 7) is 9.34. The summed E-state index contributed by atoms with van der Waals surface area (Å²) in [4.78, 5) is 2.31. The van der Waals surface area contributed by atoms with Crippen molar-refractivity contribution in [3.8, 4) is 23.1 Å². The maximum atomic E-state index is 10.7. The molecule has 1 fully saturated rings. The summed E-state index contributed by atoms with van der Waals surface area (Å²) < 4.78 is 19.6. The highest BCUT2D eigenvalue weighted by Crippen LogP contribution is 2.37. The van der Waals surface area contributed by atoms with Gasteiger partial charge in [0, 0.05) is 26.2 Å². The molecule has 0 amide bonds. The van der Waals surface area contributed by atoms with Gasteiger partial charge in [-0.1, -0.05) is 44.2 Å². The number of aryl methyl sites for hydroxylation is 1. The van der Waals surface area contributed by atoms with E-state index < -0.39 is 6.10 Å². The normalized spacial score (nSPS) is 14.4. The van der Waals surface area contributed by atoms with Gasteiger partial charge in [0.1, 0.15) is 0 Å². The van der Waals surface area contributed by atoms with Gasteiger partial charge in [-0.15, -0.1) is 0 Å². The second kappa shape index (κ2) is 12.4. The molecule has 4 rings (SSSR count). The molecule has 3 aromatic rings. The Labute approximate surface area is 214 Å². The first-order valence-electron chi connectivity index (χ1n) is 12.9. The molecular weight excluding hydrogens is 454 g/mol. The van der Waals surface area contributed by atoms with Crippen molar-refractivity contribution in [2.24, 2.45) is 11.8 Å². The smallest absolute Gasteiger partial charge is 0.227 e. The molecule has 0 bridgehead atoms. The predicted octanol–water partition coefficient (Wildman–Crippen LogP) is 5.23. The molecule has 0 radical (unpaired) electrons. The zero-order valence-corrected chi connectivity index (χ0v) is 21.9. The Morgan fingerprint density at radius 3 is 2.39 bits per heavy atom. The van der Waals surface area contributed by atoms with E-state index in [1.807, 2.05) is 66.2 Å². The van der Waals surface area contributed by atoms with E-state index in [9.17, 15) is 5.11 Å². The number of rotatable bonds is 14. The van der Waals surface area contributed by atoms with Crippen LogP contribution in [0.5, 0.6) is 17.4 Å². The van der Waals surface area contributed by atoms with Crippen LogP contribution >= 0.6 is 0 Å². The molecule has 194 valence electrons. The van der Waals surface area contributed by atoms with E-state index in [0.29, 0.717) is 55.5 Å². The van der Waals surface area contributed by atoms with Crippen LogP contribution in [0, 0.1) is 18.8 Å². The first kappa shape index (κ1) is 26.2. The molecule has 1 aromatic heterocycles. The number of aromatic nitrogens is 2. The molecule has 2 aromatic carbocycles. The van der Waals surface area contributed by atoms with Crippen molar-refractivity contribution in [1.29, 1.82) is 0 Å². The zero-order chi connectivity index (χ0) is 25.5. The number of hydrogen-bond acceptors (Lipinski definition) is 6. The molecular formula is C29H39N3O4. The van der Waals surface area contributed by atoms with E-state index in [2.05, 4.69) is 18.7 Å². The van der Waals surface area contributed by atoms with Crippen molar-refractivity contribution in [3.05, 3.63) is 65.9 Å².